The summed E-state index contributed by atoms with van der Waals surface area (Å²) >= 11 is 14.4. The van der Waals surface area contributed by atoms with E-state index in [0.717, 1.165) is 18.3 Å². The summed E-state index contributed by atoms with van der Waals surface area (Å²) in [6, 6.07) is 10.9. The highest BCUT2D eigenvalue weighted by molar-refractivity contribution is 9.11. The Balaban J connectivity index is 2.28. The number of rotatable bonds is 2. The number of halogens is 3. The summed E-state index contributed by atoms with van der Waals surface area (Å²) < 4.78 is 2.49. The molecule has 0 bridgehead atoms. The van der Waals surface area contributed by atoms with Crippen LogP contribution in [-0.4, -0.2) is 5.91 Å². The molecule has 0 atom stereocenters. The molecule has 0 unspecified atom stereocenters. The van der Waals surface area contributed by atoms with Gasteiger partial charge in [0.2, 0.25) is 0 Å². The van der Waals surface area contributed by atoms with Crippen LogP contribution in [0.1, 0.15) is 10.4 Å². The lowest BCUT2D eigenvalue weighted by molar-refractivity contribution is 0.102. The third-order valence-corrected chi connectivity index (χ3v) is 4.49. The van der Waals surface area contributed by atoms with Crippen molar-refractivity contribution in [1.82, 2.24) is 0 Å². The predicted octanol–water partition coefficient (Wildman–Crippen LogP) is 5.52. The summed E-state index contributed by atoms with van der Waals surface area (Å²) in [4.78, 5) is 13.0. The fourth-order valence-corrected chi connectivity index (χ4v) is 3.24. The van der Waals surface area contributed by atoms with Gasteiger partial charge in [0.15, 0.2) is 0 Å². The van der Waals surface area contributed by atoms with E-state index in [0.29, 0.717) is 11.3 Å². The van der Waals surface area contributed by atoms with Crippen LogP contribution in [0.2, 0.25) is 0 Å². The monoisotopic (exact) mass is 463 g/mol. The molecule has 0 saturated heterocycles. The number of carbonyl (C=O) groups excluding carboxylic acids is 1. The van der Waals surface area contributed by atoms with Crippen molar-refractivity contribution in [1.29, 1.82) is 0 Å². The molecule has 0 aliphatic rings. The Kier molecular flexibility index (Phi) is 5.11. The minimum atomic E-state index is -0.189. The number of anilines is 1. The zero-order chi connectivity index (χ0) is 14.0. The number of hydrogen-bond acceptors (Lipinski definition) is 2. The van der Waals surface area contributed by atoms with Gasteiger partial charge in [0, 0.05) is 18.3 Å². The quantitative estimate of drug-likeness (QED) is 0.562. The van der Waals surface area contributed by atoms with Gasteiger partial charge in [-0.2, -0.15) is 0 Å². The third-order valence-electron chi connectivity index (χ3n) is 2.37. The molecular formula is C13H8Br3NOS. The molecule has 0 radical (unpaired) electrons. The molecule has 19 heavy (non-hydrogen) atoms. The lowest BCUT2D eigenvalue weighted by Gasteiger charge is -2.09. The van der Waals surface area contributed by atoms with Gasteiger partial charge in [-0.3, -0.25) is 4.79 Å². The second kappa shape index (κ2) is 6.43. The fraction of sp³-hybridized carbons (Fsp3) is 0. The van der Waals surface area contributed by atoms with Crippen LogP contribution in [0.5, 0.6) is 0 Å². The van der Waals surface area contributed by atoms with Gasteiger partial charge in [-0.15, -0.1) is 12.6 Å². The highest BCUT2D eigenvalue weighted by Gasteiger charge is 2.12. The molecule has 2 aromatic carbocycles. The Labute approximate surface area is 141 Å². The number of carbonyl (C=O) groups is 1. The van der Waals surface area contributed by atoms with Crippen LogP contribution in [-0.2, 0) is 0 Å². The van der Waals surface area contributed by atoms with Gasteiger partial charge in [0.25, 0.3) is 5.91 Å². The Morgan fingerprint density at radius 2 is 1.74 bits per heavy atom. The molecule has 0 aliphatic heterocycles. The largest absolute Gasteiger partial charge is 0.321 e. The molecule has 0 spiro atoms. The summed E-state index contributed by atoms with van der Waals surface area (Å²) in [5.41, 5.74) is 1.26. The first-order valence-corrected chi connectivity index (χ1v) is 8.05. The van der Waals surface area contributed by atoms with E-state index in [2.05, 4.69) is 65.7 Å². The van der Waals surface area contributed by atoms with Gasteiger partial charge < -0.3 is 5.32 Å². The van der Waals surface area contributed by atoms with Crippen molar-refractivity contribution >= 4 is 72.0 Å². The maximum absolute atomic E-state index is 12.2. The van der Waals surface area contributed by atoms with E-state index in [9.17, 15) is 4.79 Å². The molecule has 0 aromatic heterocycles. The summed E-state index contributed by atoms with van der Waals surface area (Å²) in [5, 5.41) is 2.85. The summed E-state index contributed by atoms with van der Waals surface area (Å²) in [5.74, 6) is -0.189. The van der Waals surface area contributed by atoms with Gasteiger partial charge in [0.1, 0.15) is 0 Å². The van der Waals surface area contributed by atoms with Crippen molar-refractivity contribution in [3.8, 4) is 0 Å². The van der Waals surface area contributed by atoms with E-state index < -0.39 is 0 Å². The Hall–Kier alpha value is -0.300. The fourth-order valence-electron chi connectivity index (χ4n) is 1.47. The first-order chi connectivity index (χ1) is 8.97. The van der Waals surface area contributed by atoms with Crippen LogP contribution in [0, 0.1) is 0 Å². The zero-order valence-corrected chi connectivity index (χ0v) is 15.1. The van der Waals surface area contributed by atoms with Crippen LogP contribution in [0.25, 0.3) is 0 Å². The van der Waals surface area contributed by atoms with Crippen molar-refractivity contribution in [3.05, 3.63) is 55.4 Å². The molecule has 0 aliphatic carbocycles. The van der Waals surface area contributed by atoms with Crippen molar-refractivity contribution in [2.45, 2.75) is 4.90 Å². The van der Waals surface area contributed by atoms with Crippen LogP contribution in [0.15, 0.2) is 54.7 Å². The molecule has 2 aromatic rings. The molecule has 6 heteroatoms. The average Bonchev–Trinajstić information content (AvgIpc) is 2.35. The molecule has 2 rings (SSSR count). The number of hydrogen-bond donors (Lipinski definition) is 2. The molecule has 0 saturated carbocycles. The summed E-state index contributed by atoms with van der Waals surface area (Å²) in [6.45, 7) is 0. The van der Waals surface area contributed by atoms with Gasteiger partial charge in [-0.1, -0.05) is 15.9 Å². The average molecular weight is 466 g/mol. The van der Waals surface area contributed by atoms with Gasteiger partial charge in [0.05, 0.1) is 11.3 Å². The summed E-state index contributed by atoms with van der Waals surface area (Å²) in [6.07, 6.45) is 0. The van der Waals surface area contributed by atoms with Crippen LogP contribution in [0.3, 0.4) is 0 Å². The van der Waals surface area contributed by atoms with Crippen molar-refractivity contribution in [2.24, 2.45) is 0 Å². The van der Waals surface area contributed by atoms with E-state index in [1.807, 2.05) is 24.3 Å². The molecule has 0 fully saturated rings. The summed E-state index contributed by atoms with van der Waals surface area (Å²) in [7, 11) is 0. The number of nitrogens with one attached hydrogen (secondary N) is 1. The Bertz CT molecular complexity index is 646. The first kappa shape index (κ1) is 15.1. The highest BCUT2D eigenvalue weighted by atomic mass is 79.9. The lowest BCUT2D eigenvalue weighted by Crippen LogP contribution is -2.13. The van der Waals surface area contributed by atoms with Gasteiger partial charge >= 0.3 is 0 Å². The minimum Gasteiger partial charge on any atom is -0.321 e. The Morgan fingerprint density at radius 1 is 1.00 bits per heavy atom. The van der Waals surface area contributed by atoms with E-state index in [4.69, 9.17) is 0 Å². The second-order valence-electron chi connectivity index (χ2n) is 3.74. The normalized spacial score (nSPS) is 10.3. The van der Waals surface area contributed by atoms with Gasteiger partial charge in [-0.05, 0) is 68.3 Å². The molecule has 98 valence electrons. The molecule has 1 N–H and O–H groups in total. The smallest absolute Gasteiger partial charge is 0.256 e. The van der Waals surface area contributed by atoms with Crippen molar-refractivity contribution in [2.75, 3.05) is 5.32 Å². The predicted molar refractivity (Wildman–Crippen MR) is 91.2 cm³/mol. The minimum absolute atomic E-state index is 0.189. The SMILES string of the molecule is O=C(Nc1ccc(Br)cc1Br)c1cc(S)ccc1Br. The van der Waals surface area contributed by atoms with Crippen LogP contribution >= 0.6 is 60.4 Å². The van der Waals surface area contributed by atoms with Gasteiger partial charge in [-0.25, -0.2) is 0 Å². The number of amides is 1. The topological polar surface area (TPSA) is 29.1 Å². The van der Waals surface area contributed by atoms with Crippen LogP contribution in [0.4, 0.5) is 5.69 Å². The Morgan fingerprint density at radius 3 is 2.42 bits per heavy atom. The molecule has 0 heterocycles. The molecule has 2 nitrogen and oxygen atoms in total. The third kappa shape index (κ3) is 3.84. The van der Waals surface area contributed by atoms with E-state index in [1.165, 1.54) is 0 Å². The zero-order valence-electron chi connectivity index (χ0n) is 9.45. The molecule has 1 amide bonds. The van der Waals surface area contributed by atoms with Crippen molar-refractivity contribution in [3.63, 3.8) is 0 Å². The number of thiol groups is 1. The first-order valence-electron chi connectivity index (χ1n) is 5.22. The van der Waals surface area contributed by atoms with E-state index in [-0.39, 0.29) is 5.91 Å². The maximum Gasteiger partial charge on any atom is 0.256 e. The molecular weight excluding hydrogens is 458 g/mol. The lowest BCUT2D eigenvalue weighted by atomic mass is 10.2. The van der Waals surface area contributed by atoms with E-state index in [1.54, 1.807) is 12.1 Å². The van der Waals surface area contributed by atoms with Crippen molar-refractivity contribution < 1.29 is 4.79 Å². The highest BCUT2D eigenvalue weighted by Crippen LogP contribution is 2.28. The number of benzene rings is 2. The van der Waals surface area contributed by atoms with Crippen LogP contribution < -0.4 is 5.32 Å². The maximum atomic E-state index is 12.2. The standard InChI is InChI=1S/C13H8Br3NOS/c14-7-1-4-12(11(16)5-7)17-13(18)9-6-8(19)2-3-10(9)15/h1-6,19H,(H,17,18). The van der Waals surface area contributed by atoms with E-state index >= 15 is 0 Å². The second-order valence-corrected chi connectivity index (χ2v) is 6.88.